The lowest BCUT2D eigenvalue weighted by Gasteiger charge is -2.32. The summed E-state index contributed by atoms with van der Waals surface area (Å²) in [5.74, 6) is 0.733. The van der Waals surface area contributed by atoms with Crippen molar-refractivity contribution < 1.29 is 22.7 Å². The number of nitrogens with one attached hydrogen (secondary N) is 1. The van der Waals surface area contributed by atoms with Crippen LogP contribution in [0.1, 0.15) is 18.4 Å². The quantitative estimate of drug-likeness (QED) is 0.751. The Morgan fingerprint density at radius 3 is 2.58 bits per heavy atom. The van der Waals surface area contributed by atoms with E-state index in [2.05, 4.69) is 5.32 Å². The molecular weight excluding hydrogens is 358 g/mol. The molecule has 1 amide bonds. The van der Waals surface area contributed by atoms with Gasteiger partial charge in [0.25, 0.3) is 10.2 Å². The van der Waals surface area contributed by atoms with Gasteiger partial charge in [0, 0.05) is 33.7 Å². The maximum absolute atomic E-state index is 12.5. The third kappa shape index (κ3) is 4.66. The normalized spacial score (nSPS) is 18.6. The molecule has 1 aliphatic rings. The molecule has 0 aromatic heterocycles. The van der Waals surface area contributed by atoms with Gasteiger partial charge in [0.2, 0.25) is 5.91 Å². The molecule has 1 aromatic carbocycles. The third-order valence-electron chi connectivity index (χ3n) is 4.46. The van der Waals surface area contributed by atoms with Crippen molar-refractivity contribution in [2.75, 3.05) is 41.4 Å². The van der Waals surface area contributed by atoms with E-state index in [-0.39, 0.29) is 18.4 Å². The van der Waals surface area contributed by atoms with Crippen molar-refractivity contribution >= 4 is 16.1 Å². The molecule has 1 aromatic rings. The van der Waals surface area contributed by atoms with Crippen molar-refractivity contribution in [1.29, 1.82) is 0 Å². The maximum Gasteiger partial charge on any atom is 0.281 e. The van der Waals surface area contributed by atoms with Crippen LogP contribution in [0, 0.1) is 5.92 Å². The molecule has 146 valence electrons. The minimum absolute atomic E-state index is 0.140. The second-order valence-electron chi connectivity index (χ2n) is 6.39. The topological polar surface area (TPSA) is 88.2 Å². The van der Waals surface area contributed by atoms with E-state index in [1.807, 2.05) is 12.1 Å². The van der Waals surface area contributed by atoms with Crippen LogP contribution in [-0.2, 0) is 21.5 Å². The van der Waals surface area contributed by atoms with Gasteiger partial charge >= 0.3 is 0 Å². The molecule has 2 rings (SSSR count). The molecule has 1 N–H and O–H groups in total. The smallest absolute Gasteiger partial charge is 0.281 e. The number of carbonyl (C=O) groups excluding carboxylic acids is 1. The van der Waals surface area contributed by atoms with Crippen LogP contribution < -0.4 is 14.8 Å². The van der Waals surface area contributed by atoms with Crippen molar-refractivity contribution in [2.45, 2.75) is 19.4 Å². The minimum Gasteiger partial charge on any atom is -0.493 e. The molecule has 1 saturated heterocycles. The number of methoxy groups -OCH3 is 2. The highest BCUT2D eigenvalue weighted by atomic mass is 32.2. The molecule has 1 aliphatic heterocycles. The second kappa shape index (κ2) is 8.70. The molecule has 0 bridgehead atoms. The highest BCUT2D eigenvalue weighted by Gasteiger charge is 2.33. The summed E-state index contributed by atoms with van der Waals surface area (Å²) >= 11 is 0. The number of nitrogens with zero attached hydrogens (tertiary/aromatic N) is 2. The number of carbonyl (C=O) groups is 1. The summed E-state index contributed by atoms with van der Waals surface area (Å²) in [7, 11) is 2.62. The lowest BCUT2D eigenvalue weighted by atomic mass is 9.98. The molecule has 1 fully saturated rings. The summed E-state index contributed by atoms with van der Waals surface area (Å²) in [5, 5.41) is 2.89. The Kier molecular flexibility index (Phi) is 6.85. The first-order valence-corrected chi connectivity index (χ1v) is 9.85. The van der Waals surface area contributed by atoms with Crippen molar-refractivity contribution in [3.63, 3.8) is 0 Å². The molecule has 0 aliphatic carbocycles. The van der Waals surface area contributed by atoms with Crippen LogP contribution in [0.25, 0.3) is 0 Å². The summed E-state index contributed by atoms with van der Waals surface area (Å²) in [4.78, 5) is 12.5. The first kappa shape index (κ1) is 20.5. The molecular formula is C17H27N3O5S. The predicted octanol–water partition coefficient (Wildman–Crippen LogP) is 0.838. The fourth-order valence-electron chi connectivity index (χ4n) is 2.92. The van der Waals surface area contributed by atoms with Gasteiger partial charge in [0.1, 0.15) is 0 Å². The van der Waals surface area contributed by atoms with Crippen LogP contribution in [0.3, 0.4) is 0 Å². The van der Waals surface area contributed by atoms with E-state index in [0.717, 1.165) is 5.56 Å². The summed E-state index contributed by atoms with van der Waals surface area (Å²) in [6.07, 6.45) is 1.35. The summed E-state index contributed by atoms with van der Waals surface area (Å²) in [6.45, 7) is 0.994. The van der Waals surface area contributed by atoms with Gasteiger partial charge in [-0.2, -0.15) is 17.0 Å². The highest BCUT2D eigenvalue weighted by Crippen LogP contribution is 2.27. The second-order valence-corrected chi connectivity index (χ2v) is 8.54. The molecule has 1 heterocycles. The monoisotopic (exact) mass is 385 g/mol. The Bertz CT molecular complexity index is 736. The first-order chi connectivity index (χ1) is 12.3. The van der Waals surface area contributed by atoms with E-state index in [1.165, 1.54) is 22.7 Å². The molecule has 0 radical (unpaired) electrons. The van der Waals surface area contributed by atoms with E-state index in [1.54, 1.807) is 20.3 Å². The Balaban J connectivity index is 1.97. The third-order valence-corrected chi connectivity index (χ3v) is 6.36. The molecule has 9 heteroatoms. The molecule has 0 saturated carbocycles. The van der Waals surface area contributed by atoms with E-state index in [9.17, 15) is 13.2 Å². The average Bonchev–Trinajstić information content (AvgIpc) is 2.65. The van der Waals surface area contributed by atoms with Crippen LogP contribution in [0.5, 0.6) is 11.5 Å². The van der Waals surface area contributed by atoms with Gasteiger partial charge in [-0.05, 0) is 30.5 Å². The SMILES string of the molecule is COc1ccc(CNC(=O)[C@H]2CCCN(S(=O)(=O)N(C)C)C2)cc1OC. The van der Waals surface area contributed by atoms with Crippen LogP contribution in [0.4, 0.5) is 0 Å². The van der Waals surface area contributed by atoms with Gasteiger partial charge in [0.05, 0.1) is 20.1 Å². The van der Waals surface area contributed by atoms with Gasteiger partial charge < -0.3 is 14.8 Å². The lowest BCUT2D eigenvalue weighted by Crippen LogP contribution is -2.48. The zero-order valence-corrected chi connectivity index (χ0v) is 16.5. The largest absolute Gasteiger partial charge is 0.493 e. The van der Waals surface area contributed by atoms with E-state index < -0.39 is 10.2 Å². The van der Waals surface area contributed by atoms with Crippen LogP contribution in [0.2, 0.25) is 0 Å². The Morgan fingerprint density at radius 1 is 1.27 bits per heavy atom. The van der Waals surface area contributed by atoms with E-state index in [0.29, 0.717) is 37.4 Å². The van der Waals surface area contributed by atoms with Crippen LogP contribution in [0.15, 0.2) is 18.2 Å². The number of benzene rings is 1. The zero-order chi connectivity index (χ0) is 19.3. The van der Waals surface area contributed by atoms with Gasteiger partial charge in [-0.3, -0.25) is 4.79 Å². The Morgan fingerprint density at radius 2 is 1.96 bits per heavy atom. The fraction of sp³-hybridized carbons (Fsp3) is 0.588. The van der Waals surface area contributed by atoms with E-state index >= 15 is 0 Å². The molecule has 1 atom stereocenters. The van der Waals surface area contributed by atoms with Crippen LogP contribution >= 0.6 is 0 Å². The maximum atomic E-state index is 12.5. The molecule has 8 nitrogen and oxygen atoms in total. The summed E-state index contributed by atoms with van der Waals surface area (Å²) < 4.78 is 37.5. The fourth-order valence-corrected chi connectivity index (χ4v) is 4.11. The Hall–Kier alpha value is -1.84. The molecule has 0 spiro atoms. The lowest BCUT2D eigenvalue weighted by molar-refractivity contribution is -0.126. The van der Waals surface area contributed by atoms with Crippen molar-refractivity contribution in [2.24, 2.45) is 5.92 Å². The number of hydrogen-bond acceptors (Lipinski definition) is 5. The van der Waals surface area contributed by atoms with Gasteiger partial charge in [-0.15, -0.1) is 0 Å². The number of rotatable bonds is 7. The van der Waals surface area contributed by atoms with Crippen molar-refractivity contribution in [3.05, 3.63) is 23.8 Å². The van der Waals surface area contributed by atoms with Crippen LogP contribution in [-0.4, -0.2) is 64.3 Å². The number of piperidine rings is 1. The zero-order valence-electron chi connectivity index (χ0n) is 15.7. The highest BCUT2D eigenvalue weighted by molar-refractivity contribution is 7.86. The van der Waals surface area contributed by atoms with Crippen molar-refractivity contribution in [3.8, 4) is 11.5 Å². The van der Waals surface area contributed by atoms with Gasteiger partial charge in [-0.1, -0.05) is 6.07 Å². The summed E-state index contributed by atoms with van der Waals surface area (Å²) in [6, 6.07) is 5.44. The number of ether oxygens (including phenoxy) is 2. The predicted molar refractivity (Wildman–Crippen MR) is 98.3 cm³/mol. The van der Waals surface area contributed by atoms with Gasteiger partial charge in [-0.25, -0.2) is 0 Å². The average molecular weight is 385 g/mol. The minimum atomic E-state index is -3.49. The molecule has 0 unspecified atom stereocenters. The number of amides is 1. The summed E-state index contributed by atoms with van der Waals surface area (Å²) in [5.41, 5.74) is 0.879. The van der Waals surface area contributed by atoms with Crippen molar-refractivity contribution in [1.82, 2.24) is 13.9 Å². The first-order valence-electron chi connectivity index (χ1n) is 8.45. The van der Waals surface area contributed by atoms with Gasteiger partial charge in [0.15, 0.2) is 11.5 Å². The molecule has 26 heavy (non-hydrogen) atoms. The number of hydrogen-bond donors (Lipinski definition) is 1. The Labute approximate surface area is 155 Å². The standard InChI is InChI=1S/C17H27N3O5S/c1-19(2)26(22,23)20-9-5-6-14(12-20)17(21)18-11-13-7-8-15(24-3)16(10-13)25-4/h7-8,10,14H,5-6,9,11-12H2,1-4H3,(H,18,21)/t14-/m0/s1. The van der Waals surface area contributed by atoms with E-state index in [4.69, 9.17) is 9.47 Å².